The van der Waals surface area contributed by atoms with E-state index in [2.05, 4.69) is 0 Å². The van der Waals surface area contributed by atoms with Crippen molar-refractivity contribution in [2.24, 2.45) is 0 Å². The van der Waals surface area contributed by atoms with Crippen LogP contribution in [0.5, 0.6) is 5.75 Å². The summed E-state index contributed by atoms with van der Waals surface area (Å²) in [5.41, 5.74) is -4.07. The van der Waals surface area contributed by atoms with Crippen LogP contribution in [0.4, 0.5) is 26.3 Å². The zero-order valence-corrected chi connectivity index (χ0v) is 19.6. The number of hydrogen-bond donors (Lipinski definition) is 0. The molecule has 1 aliphatic rings. The highest BCUT2D eigenvalue weighted by Gasteiger charge is 2.42. The van der Waals surface area contributed by atoms with Crippen molar-refractivity contribution >= 4 is 16.0 Å². The van der Waals surface area contributed by atoms with Crippen molar-refractivity contribution in [3.05, 3.63) is 59.2 Å². The predicted octanol–water partition coefficient (Wildman–Crippen LogP) is 5.78. The van der Waals surface area contributed by atoms with E-state index >= 15 is 0 Å². The summed E-state index contributed by atoms with van der Waals surface area (Å²) in [7, 11) is -3.42. The first-order chi connectivity index (χ1) is 16.1. The van der Waals surface area contributed by atoms with Crippen LogP contribution in [0.3, 0.4) is 0 Å². The van der Waals surface area contributed by atoms with Crippen molar-refractivity contribution in [1.82, 2.24) is 4.90 Å². The molecule has 2 aromatic carbocycles. The lowest BCUT2D eigenvalue weighted by Gasteiger charge is -2.33. The Balaban J connectivity index is 2.04. The van der Waals surface area contributed by atoms with Crippen LogP contribution in [-0.4, -0.2) is 32.8 Å². The van der Waals surface area contributed by atoms with E-state index in [1.54, 1.807) is 18.0 Å². The van der Waals surface area contributed by atoms with Gasteiger partial charge in [0.05, 0.1) is 16.5 Å². The number of hydrogen-bond acceptors (Lipinski definition) is 4. The number of amides is 1. The Bertz CT molecular complexity index is 1180. The van der Waals surface area contributed by atoms with Crippen molar-refractivity contribution < 1.29 is 43.7 Å². The number of likely N-dealkylation sites (N-methyl/N-ethyl adjacent to an activating group) is 1. The van der Waals surface area contributed by atoms with E-state index in [9.17, 15) is 39.6 Å². The van der Waals surface area contributed by atoms with Crippen LogP contribution in [0.25, 0.3) is 0 Å². The van der Waals surface area contributed by atoms with Gasteiger partial charge in [-0.1, -0.05) is 25.5 Å². The highest BCUT2D eigenvalue weighted by atomic mass is 32.2. The summed E-state index contributed by atoms with van der Waals surface area (Å²) in [6, 6.07) is 5.54. The summed E-state index contributed by atoms with van der Waals surface area (Å²) in [6.45, 7) is 2.37. The largest absolute Gasteiger partial charge is 0.416 e. The third-order valence-electron chi connectivity index (χ3n) is 6.15. The number of nitrogens with zero attached hydrogens (tertiary/aromatic N) is 1. The molecule has 1 atom stereocenters. The van der Waals surface area contributed by atoms with Crippen molar-refractivity contribution in [2.75, 3.05) is 13.6 Å². The molecule has 0 saturated carbocycles. The van der Waals surface area contributed by atoms with E-state index in [4.69, 9.17) is 4.18 Å². The van der Waals surface area contributed by atoms with E-state index < -0.39 is 43.9 Å². The van der Waals surface area contributed by atoms with Gasteiger partial charge in [-0.3, -0.25) is 4.79 Å². The summed E-state index contributed by atoms with van der Waals surface area (Å²) in [6.07, 6.45) is -8.03. The van der Waals surface area contributed by atoms with E-state index in [1.807, 2.05) is 6.92 Å². The molecule has 0 aromatic heterocycles. The monoisotopic (exact) mass is 523 g/mol. The van der Waals surface area contributed by atoms with Crippen molar-refractivity contribution in [3.8, 4) is 5.75 Å². The molecule has 0 aliphatic carbocycles. The summed E-state index contributed by atoms with van der Waals surface area (Å²) >= 11 is 0. The van der Waals surface area contributed by atoms with Gasteiger partial charge in [0.15, 0.2) is 0 Å². The second-order valence-electron chi connectivity index (χ2n) is 8.43. The van der Waals surface area contributed by atoms with Gasteiger partial charge in [-0.15, -0.1) is 0 Å². The van der Waals surface area contributed by atoms with Crippen LogP contribution < -0.4 is 4.18 Å². The normalized spacial score (nSPS) is 20.0. The van der Waals surface area contributed by atoms with Crippen LogP contribution in [0.2, 0.25) is 0 Å². The molecule has 192 valence electrons. The molecule has 0 radical (unpaired) electrons. The first-order valence-corrected chi connectivity index (χ1v) is 12.1. The van der Waals surface area contributed by atoms with Gasteiger partial charge in [-0.25, -0.2) is 0 Å². The number of likely N-dealkylation sites (tertiary alicyclic amines) is 1. The highest BCUT2D eigenvalue weighted by molar-refractivity contribution is 7.87. The lowest BCUT2D eigenvalue weighted by atomic mass is 9.73. The molecule has 0 N–H and O–H groups in total. The minimum atomic E-state index is -5.22. The number of halogens is 6. The lowest BCUT2D eigenvalue weighted by Crippen LogP contribution is -2.43. The van der Waals surface area contributed by atoms with Crippen molar-refractivity contribution in [1.29, 1.82) is 0 Å². The minimum Gasteiger partial charge on any atom is -0.379 e. The van der Waals surface area contributed by atoms with Crippen LogP contribution in [0.15, 0.2) is 47.4 Å². The Morgan fingerprint density at radius 2 is 1.57 bits per heavy atom. The Hall–Kier alpha value is -2.76. The molecule has 1 aliphatic heterocycles. The van der Waals surface area contributed by atoms with Crippen molar-refractivity contribution in [3.63, 3.8) is 0 Å². The molecule has 1 saturated heterocycles. The molecule has 1 amide bonds. The summed E-state index contributed by atoms with van der Waals surface area (Å²) in [4.78, 5) is 13.4. The SMILES string of the molecule is CC[C@]1(c2cccc(OS(=O)(=O)c3cc(C(F)(F)F)cc(C(F)(F)F)c3)c2)CCCCN(C)C1=O. The average Bonchev–Trinajstić information content (AvgIpc) is 2.91. The van der Waals surface area contributed by atoms with Crippen LogP contribution in [0.1, 0.15) is 49.3 Å². The number of alkyl halides is 6. The van der Waals surface area contributed by atoms with Crippen molar-refractivity contribution in [2.45, 2.75) is 55.3 Å². The number of benzene rings is 2. The maximum absolute atomic E-state index is 13.2. The predicted molar refractivity (Wildman–Crippen MR) is 114 cm³/mol. The quantitative estimate of drug-likeness (QED) is 0.368. The van der Waals surface area contributed by atoms with Gasteiger partial charge in [-0.2, -0.15) is 34.8 Å². The van der Waals surface area contributed by atoms with Crippen LogP contribution >= 0.6 is 0 Å². The average molecular weight is 523 g/mol. The third-order valence-corrected chi connectivity index (χ3v) is 7.37. The molecule has 1 fully saturated rings. The van der Waals surface area contributed by atoms with E-state index in [0.29, 0.717) is 24.9 Å². The number of carbonyl (C=O) groups is 1. The van der Waals surface area contributed by atoms with E-state index in [0.717, 1.165) is 12.8 Å². The van der Waals surface area contributed by atoms with Gasteiger partial charge in [0.2, 0.25) is 5.91 Å². The topological polar surface area (TPSA) is 63.7 Å². The first kappa shape index (κ1) is 26.8. The maximum atomic E-state index is 13.2. The van der Waals surface area contributed by atoms with Crippen LogP contribution in [0, 0.1) is 0 Å². The standard InChI is InChI=1S/C23H23F6NO4S/c1-3-21(9-4-5-10-30(2)20(21)31)15-7-6-8-18(12-15)34-35(32,33)19-13-16(22(24,25)26)11-17(14-19)23(27,28)29/h6-8,11-14H,3-5,9-10H2,1-2H3/t21-/m1/s1. The van der Waals surface area contributed by atoms with E-state index in [1.165, 1.54) is 18.2 Å². The highest BCUT2D eigenvalue weighted by Crippen LogP contribution is 2.40. The molecule has 0 bridgehead atoms. The fourth-order valence-corrected chi connectivity index (χ4v) is 5.24. The van der Waals surface area contributed by atoms with E-state index in [-0.39, 0.29) is 29.9 Å². The lowest BCUT2D eigenvalue weighted by molar-refractivity contribution is -0.143. The molecular formula is C23H23F6NO4S. The summed E-state index contributed by atoms with van der Waals surface area (Å²) in [5, 5.41) is 0. The number of carbonyl (C=O) groups excluding carboxylic acids is 1. The molecule has 5 nitrogen and oxygen atoms in total. The second-order valence-corrected chi connectivity index (χ2v) is 9.97. The molecular weight excluding hydrogens is 500 g/mol. The first-order valence-electron chi connectivity index (χ1n) is 10.7. The van der Waals surface area contributed by atoms with Gasteiger partial charge < -0.3 is 9.08 Å². The zero-order valence-electron chi connectivity index (χ0n) is 18.8. The molecule has 0 spiro atoms. The Morgan fingerprint density at radius 3 is 2.11 bits per heavy atom. The summed E-state index contributed by atoms with van der Waals surface area (Å²) < 4.78 is 109. The van der Waals surface area contributed by atoms with Crippen LogP contribution in [-0.2, 0) is 32.7 Å². The molecule has 1 heterocycles. The molecule has 12 heteroatoms. The molecule has 0 unspecified atom stereocenters. The number of rotatable bonds is 5. The van der Waals surface area contributed by atoms with Gasteiger partial charge >= 0.3 is 22.5 Å². The van der Waals surface area contributed by atoms with Gasteiger partial charge in [0.1, 0.15) is 10.6 Å². The Labute approximate surface area is 198 Å². The third kappa shape index (κ3) is 5.57. The molecule has 3 rings (SSSR count). The molecule has 35 heavy (non-hydrogen) atoms. The van der Waals surface area contributed by atoms with Gasteiger partial charge in [0.25, 0.3) is 0 Å². The van der Waals surface area contributed by atoms with Gasteiger partial charge in [0, 0.05) is 13.6 Å². The molecule has 2 aromatic rings. The second kappa shape index (κ2) is 9.36. The fourth-order valence-electron chi connectivity index (χ4n) is 4.24. The zero-order chi connectivity index (χ0) is 26.2. The Morgan fingerprint density at radius 1 is 0.971 bits per heavy atom. The smallest absolute Gasteiger partial charge is 0.379 e. The van der Waals surface area contributed by atoms with Gasteiger partial charge in [-0.05, 0) is 55.2 Å². The summed E-state index contributed by atoms with van der Waals surface area (Å²) in [5.74, 6) is -0.494. The fraction of sp³-hybridized carbons (Fsp3) is 0.435. The maximum Gasteiger partial charge on any atom is 0.416 e. The Kier molecular flexibility index (Phi) is 7.18. The minimum absolute atomic E-state index is 0.0890.